The summed E-state index contributed by atoms with van der Waals surface area (Å²) in [5.41, 5.74) is 0. The summed E-state index contributed by atoms with van der Waals surface area (Å²) in [5, 5.41) is 10.2. The van der Waals surface area contributed by atoms with Gasteiger partial charge < -0.3 is 9.90 Å². The van der Waals surface area contributed by atoms with Gasteiger partial charge in [0, 0.05) is 11.9 Å². The van der Waals surface area contributed by atoms with Crippen LogP contribution in [0.2, 0.25) is 0 Å². The lowest BCUT2D eigenvalue weighted by molar-refractivity contribution is -0.311. The standard InChI is InChI=1S/C7H10O2/c8-7(9)6-4-2-1-3-5-6/h1-2,6H,3-5H2,(H,8,9)/p-1/t6-/m1/s1. The van der Waals surface area contributed by atoms with Gasteiger partial charge >= 0.3 is 0 Å². The Bertz CT molecular complexity index is 138. The van der Waals surface area contributed by atoms with E-state index in [1.165, 1.54) is 0 Å². The highest BCUT2D eigenvalue weighted by molar-refractivity contribution is 5.68. The molecule has 0 amide bonds. The van der Waals surface area contributed by atoms with E-state index in [9.17, 15) is 9.90 Å². The Kier molecular flexibility index (Phi) is 1.88. The molecule has 0 bridgehead atoms. The van der Waals surface area contributed by atoms with Crippen molar-refractivity contribution in [2.75, 3.05) is 0 Å². The molecule has 0 saturated carbocycles. The Morgan fingerprint density at radius 1 is 1.56 bits per heavy atom. The van der Waals surface area contributed by atoms with Gasteiger partial charge in [-0.1, -0.05) is 12.2 Å². The fourth-order valence-electron chi connectivity index (χ4n) is 1.01. The van der Waals surface area contributed by atoms with E-state index in [1.807, 2.05) is 12.2 Å². The summed E-state index contributed by atoms with van der Waals surface area (Å²) in [4.78, 5) is 10.2. The van der Waals surface area contributed by atoms with Gasteiger partial charge in [0.2, 0.25) is 0 Å². The largest absolute Gasteiger partial charge is 0.550 e. The molecular formula is C7H9O2-. The van der Waals surface area contributed by atoms with Crippen LogP contribution in [0.3, 0.4) is 0 Å². The van der Waals surface area contributed by atoms with Gasteiger partial charge in [-0.05, 0) is 19.3 Å². The average Bonchev–Trinajstić information content (AvgIpc) is 1.90. The molecule has 0 fully saturated rings. The van der Waals surface area contributed by atoms with Crippen LogP contribution in [0, 0.1) is 5.92 Å². The maximum absolute atomic E-state index is 10.2. The highest BCUT2D eigenvalue weighted by Gasteiger charge is 2.09. The lowest BCUT2D eigenvalue weighted by atomic mass is 9.95. The van der Waals surface area contributed by atoms with E-state index >= 15 is 0 Å². The zero-order chi connectivity index (χ0) is 6.69. The average molecular weight is 125 g/mol. The van der Waals surface area contributed by atoms with Crippen molar-refractivity contribution in [3.05, 3.63) is 12.2 Å². The number of rotatable bonds is 1. The highest BCUT2D eigenvalue weighted by atomic mass is 16.4. The van der Waals surface area contributed by atoms with Crippen LogP contribution in [0.5, 0.6) is 0 Å². The van der Waals surface area contributed by atoms with Crippen molar-refractivity contribution in [3.63, 3.8) is 0 Å². The van der Waals surface area contributed by atoms with Gasteiger partial charge in [-0.3, -0.25) is 0 Å². The molecule has 2 nitrogen and oxygen atoms in total. The first-order valence-corrected chi connectivity index (χ1v) is 3.16. The third-order valence-corrected chi connectivity index (χ3v) is 1.60. The van der Waals surface area contributed by atoms with Crippen molar-refractivity contribution in [2.45, 2.75) is 19.3 Å². The van der Waals surface area contributed by atoms with Crippen LogP contribution >= 0.6 is 0 Å². The lowest BCUT2D eigenvalue weighted by Crippen LogP contribution is -2.31. The second-order valence-corrected chi connectivity index (χ2v) is 2.30. The van der Waals surface area contributed by atoms with Gasteiger partial charge in [-0.25, -0.2) is 0 Å². The molecule has 0 aromatic carbocycles. The van der Waals surface area contributed by atoms with Gasteiger partial charge in [0.15, 0.2) is 0 Å². The summed E-state index contributed by atoms with van der Waals surface area (Å²) < 4.78 is 0. The Balaban J connectivity index is 2.44. The third-order valence-electron chi connectivity index (χ3n) is 1.60. The van der Waals surface area contributed by atoms with Crippen LogP contribution in [0.25, 0.3) is 0 Å². The van der Waals surface area contributed by atoms with Crippen molar-refractivity contribution in [3.8, 4) is 0 Å². The van der Waals surface area contributed by atoms with Crippen LogP contribution in [-0.4, -0.2) is 5.97 Å². The van der Waals surface area contributed by atoms with E-state index in [1.54, 1.807) is 0 Å². The monoisotopic (exact) mass is 125 g/mol. The smallest absolute Gasteiger partial charge is 0.0448 e. The number of hydrogen-bond donors (Lipinski definition) is 0. The van der Waals surface area contributed by atoms with Crippen LogP contribution < -0.4 is 5.11 Å². The van der Waals surface area contributed by atoms with Crippen LogP contribution in [0.4, 0.5) is 0 Å². The molecule has 0 aromatic rings. The van der Waals surface area contributed by atoms with Crippen LogP contribution in [0.1, 0.15) is 19.3 Å². The van der Waals surface area contributed by atoms with Crippen molar-refractivity contribution in [1.82, 2.24) is 0 Å². The van der Waals surface area contributed by atoms with E-state index in [-0.39, 0.29) is 5.92 Å². The summed E-state index contributed by atoms with van der Waals surface area (Å²) in [6.07, 6.45) is 6.21. The second kappa shape index (κ2) is 2.67. The lowest BCUT2D eigenvalue weighted by Gasteiger charge is -2.17. The molecular weight excluding hydrogens is 116 g/mol. The molecule has 1 atom stereocenters. The van der Waals surface area contributed by atoms with Crippen molar-refractivity contribution in [2.24, 2.45) is 5.92 Å². The number of carbonyl (C=O) groups excluding carboxylic acids is 1. The topological polar surface area (TPSA) is 40.1 Å². The molecule has 0 aliphatic heterocycles. The van der Waals surface area contributed by atoms with E-state index in [2.05, 4.69) is 0 Å². The summed E-state index contributed by atoms with van der Waals surface area (Å²) in [7, 11) is 0. The SMILES string of the molecule is O=C([O-])[C@@H]1CC=CCC1. The summed E-state index contributed by atoms with van der Waals surface area (Å²) in [5.74, 6) is -1.13. The molecule has 50 valence electrons. The minimum Gasteiger partial charge on any atom is -0.550 e. The van der Waals surface area contributed by atoms with Gasteiger partial charge in [0.05, 0.1) is 0 Å². The summed E-state index contributed by atoms with van der Waals surface area (Å²) >= 11 is 0. The number of allylic oxidation sites excluding steroid dienone is 2. The molecule has 2 heteroatoms. The molecule has 0 heterocycles. The predicted octanol–water partition coefficient (Wildman–Crippen LogP) is 0.0926. The molecule has 1 rings (SSSR count). The zero-order valence-corrected chi connectivity index (χ0v) is 5.17. The molecule has 0 saturated heterocycles. The highest BCUT2D eigenvalue weighted by Crippen LogP contribution is 2.16. The molecule has 0 aromatic heterocycles. The third kappa shape index (κ3) is 1.56. The maximum atomic E-state index is 10.2. The maximum Gasteiger partial charge on any atom is 0.0448 e. The molecule has 9 heavy (non-hydrogen) atoms. The molecule has 0 spiro atoms. The molecule has 0 N–H and O–H groups in total. The Hall–Kier alpha value is -0.790. The Morgan fingerprint density at radius 3 is 2.67 bits per heavy atom. The van der Waals surface area contributed by atoms with Crippen molar-refractivity contribution < 1.29 is 9.90 Å². The Labute approximate surface area is 54.2 Å². The van der Waals surface area contributed by atoms with Gasteiger partial charge in [-0.15, -0.1) is 0 Å². The summed E-state index contributed by atoms with van der Waals surface area (Å²) in [6, 6.07) is 0. The predicted molar refractivity (Wildman–Crippen MR) is 31.5 cm³/mol. The van der Waals surface area contributed by atoms with E-state index in [0.29, 0.717) is 6.42 Å². The number of aliphatic carboxylic acids is 1. The first kappa shape index (κ1) is 6.33. The van der Waals surface area contributed by atoms with Gasteiger partial charge in [0.1, 0.15) is 0 Å². The molecule has 1 aliphatic rings. The minimum absolute atomic E-state index is 0.227. The fourth-order valence-corrected chi connectivity index (χ4v) is 1.01. The summed E-state index contributed by atoms with van der Waals surface area (Å²) in [6.45, 7) is 0. The normalized spacial score (nSPS) is 26.0. The van der Waals surface area contributed by atoms with Gasteiger partial charge in [-0.2, -0.15) is 0 Å². The van der Waals surface area contributed by atoms with E-state index in [0.717, 1.165) is 12.8 Å². The van der Waals surface area contributed by atoms with Crippen LogP contribution in [0.15, 0.2) is 12.2 Å². The molecule has 0 radical (unpaired) electrons. The quantitative estimate of drug-likeness (QED) is 0.466. The number of carbonyl (C=O) groups is 1. The van der Waals surface area contributed by atoms with Gasteiger partial charge in [0.25, 0.3) is 0 Å². The number of carboxylic acids is 1. The van der Waals surface area contributed by atoms with Crippen molar-refractivity contribution in [1.29, 1.82) is 0 Å². The first-order chi connectivity index (χ1) is 4.30. The fraction of sp³-hybridized carbons (Fsp3) is 0.571. The number of carboxylic acid groups (broad SMARTS) is 1. The number of hydrogen-bond acceptors (Lipinski definition) is 2. The van der Waals surface area contributed by atoms with E-state index in [4.69, 9.17) is 0 Å². The first-order valence-electron chi connectivity index (χ1n) is 3.16. The Morgan fingerprint density at radius 2 is 2.33 bits per heavy atom. The molecule has 1 aliphatic carbocycles. The van der Waals surface area contributed by atoms with E-state index < -0.39 is 5.97 Å². The molecule has 0 unspecified atom stereocenters. The zero-order valence-electron chi connectivity index (χ0n) is 5.17. The van der Waals surface area contributed by atoms with Crippen molar-refractivity contribution >= 4 is 5.97 Å². The minimum atomic E-state index is -0.903. The second-order valence-electron chi connectivity index (χ2n) is 2.30. The van der Waals surface area contributed by atoms with Crippen LogP contribution in [-0.2, 0) is 4.79 Å².